The smallest absolute Gasteiger partial charge is 0.335 e. The Balaban J connectivity index is 2.10. The van der Waals surface area contributed by atoms with E-state index in [0.29, 0.717) is 5.56 Å². The Morgan fingerprint density at radius 2 is 1.39 bits per heavy atom. The van der Waals surface area contributed by atoms with Crippen LogP contribution in [0.4, 0.5) is 0 Å². The van der Waals surface area contributed by atoms with Gasteiger partial charge in [-0.1, -0.05) is 12.8 Å². The highest BCUT2D eigenvalue weighted by atomic mass is 16.4. The molecule has 18 heavy (non-hydrogen) atoms. The van der Waals surface area contributed by atoms with Crippen molar-refractivity contribution in [2.45, 2.75) is 25.7 Å². The van der Waals surface area contributed by atoms with Crippen molar-refractivity contribution in [1.82, 2.24) is 4.90 Å². The first-order valence-electron chi connectivity index (χ1n) is 6.31. The molecule has 0 aliphatic carbocycles. The van der Waals surface area contributed by atoms with E-state index in [1.807, 2.05) is 4.90 Å². The van der Waals surface area contributed by atoms with Crippen molar-refractivity contribution in [3.05, 3.63) is 35.4 Å². The van der Waals surface area contributed by atoms with E-state index in [4.69, 9.17) is 5.11 Å². The number of carboxylic acids is 1. The summed E-state index contributed by atoms with van der Waals surface area (Å²) in [5.74, 6) is -0.961. The lowest BCUT2D eigenvalue weighted by Crippen LogP contribution is -2.31. The van der Waals surface area contributed by atoms with Crippen molar-refractivity contribution in [2.75, 3.05) is 13.1 Å². The number of carbonyl (C=O) groups is 2. The Bertz CT molecular complexity index is 431. The van der Waals surface area contributed by atoms with Gasteiger partial charge in [-0.05, 0) is 37.1 Å². The van der Waals surface area contributed by atoms with E-state index in [9.17, 15) is 9.59 Å². The van der Waals surface area contributed by atoms with E-state index in [-0.39, 0.29) is 11.5 Å². The molecule has 0 aromatic heterocycles. The van der Waals surface area contributed by atoms with Crippen LogP contribution in [0.15, 0.2) is 24.3 Å². The van der Waals surface area contributed by atoms with Gasteiger partial charge < -0.3 is 10.0 Å². The molecule has 0 bridgehead atoms. The minimum Gasteiger partial charge on any atom is -0.478 e. The maximum atomic E-state index is 12.2. The summed E-state index contributed by atoms with van der Waals surface area (Å²) in [5.41, 5.74) is 0.782. The monoisotopic (exact) mass is 247 g/mol. The molecule has 4 nitrogen and oxygen atoms in total. The zero-order valence-corrected chi connectivity index (χ0v) is 10.3. The molecule has 1 fully saturated rings. The average Bonchev–Trinajstić information content (AvgIpc) is 2.67. The summed E-state index contributed by atoms with van der Waals surface area (Å²) in [5, 5.41) is 8.80. The van der Waals surface area contributed by atoms with Crippen molar-refractivity contribution in [2.24, 2.45) is 0 Å². The second kappa shape index (κ2) is 5.67. The quantitative estimate of drug-likeness (QED) is 0.873. The maximum Gasteiger partial charge on any atom is 0.335 e. The molecule has 0 atom stereocenters. The minimum atomic E-state index is -0.969. The number of nitrogens with zero attached hydrogens (tertiary/aromatic N) is 1. The molecule has 1 amide bonds. The van der Waals surface area contributed by atoms with Gasteiger partial charge in [-0.15, -0.1) is 0 Å². The minimum absolute atomic E-state index is 0.00818. The molecule has 2 rings (SSSR count). The van der Waals surface area contributed by atoms with Crippen LogP contribution in [-0.4, -0.2) is 35.0 Å². The van der Waals surface area contributed by atoms with Crippen LogP contribution in [0.2, 0.25) is 0 Å². The Morgan fingerprint density at radius 3 is 1.89 bits per heavy atom. The van der Waals surface area contributed by atoms with E-state index in [1.165, 1.54) is 25.0 Å². The fourth-order valence-corrected chi connectivity index (χ4v) is 2.21. The van der Waals surface area contributed by atoms with Gasteiger partial charge in [0.05, 0.1) is 5.56 Å². The predicted molar refractivity (Wildman–Crippen MR) is 67.8 cm³/mol. The van der Waals surface area contributed by atoms with Gasteiger partial charge in [0.25, 0.3) is 5.91 Å². The maximum absolute atomic E-state index is 12.2. The largest absolute Gasteiger partial charge is 0.478 e. The lowest BCUT2D eigenvalue weighted by Gasteiger charge is -2.20. The van der Waals surface area contributed by atoms with Gasteiger partial charge in [0.1, 0.15) is 0 Å². The molecule has 0 radical (unpaired) electrons. The number of rotatable bonds is 2. The molecule has 1 saturated heterocycles. The fourth-order valence-electron chi connectivity index (χ4n) is 2.21. The number of hydrogen-bond acceptors (Lipinski definition) is 2. The number of amides is 1. The molecule has 1 heterocycles. The van der Waals surface area contributed by atoms with Gasteiger partial charge >= 0.3 is 5.97 Å². The van der Waals surface area contributed by atoms with Crippen LogP contribution in [-0.2, 0) is 0 Å². The SMILES string of the molecule is O=C(O)c1ccc(C(=O)N2CCCCCC2)cc1. The fraction of sp³-hybridized carbons (Fsp3) is 0.429. The summed E-state index contributed by atoms with van der Waals surface area (Å²) in [4.78, 5) is 24.8. The molecule has 1 aromatic rings. The first kappa shape index (κ1) is 12.6. The number of likely N-dealkylation sites (tertiary alicyclic amines) is 1. The first-order chi connectivity index (χ1) is 8.68. The molecule has 0 saturated carbocycles. The van der Waals surface area contributed by atoms with E-state index >= 15 is 0 Å². The van der Waals surface area contributed by atoms with Crippen molar-refractivity contribution >= 4 is 11.9 Å². The van der Waals surface area contributed by atoms with Gasteiger partial charge in [0.15, 0.2) is 0 Å². The number of benzene rings is 1. The molecule has 1 aliphatic rings. The van der Waals surface area contributed by atoms with E-state index in [0.717, 1.165) is 25.9 Å². The van der Waals surface area contributed by atoms with E-state index < -0.39 is 5.97 Å². The van der Waals surface area contributed by atoms with Crippen LogP contribution < -0.4 is 0 Å². The van der Waals surface area contributed by atoms with Gasteiger partial charge in [-0.25, -0.2) is 4.79 Å². The van der Waals surface area contributed by atoms with Crippen molar-refractivity contribution in [1.29, 1.82) is 0 Å². The third-order valence-electron chi connectivity index (χ3n) is 3.27. The average molecular weight is 247 g/mol. The van der Waals surface area contributed by atoms with Crippen molar-refractivity contribution in [3.8, 4) is 0 Å². The summed E-state index contributed by atoms with van der Waals surface area (Å²) >= 11 is 0. The highest BCUT2D eigenvalue weighted by Crippen LogP contribution is 2.14. The number of carbonyl (C=O) groups excluding carboxylic acids is 1. The Hall–Kier alpha value is -1.84. The van der Waals surface area contributed by atoms with Gasteiger partial charge in [-0.2, -0.15) is 0 Å². The summed E-state index contributed by atoms with van der Waals surface area (Å²) in [6, 6.07) is 6.15. The summed E-state index contributed by atoms with van der Waals surface area (Å²) < 4.78 is 0. The molecule has 0 unspecified atom stereocenters. The van der Waals surface area contributed by atoms with Crippen LogP contribution in [0, 0.1) is 0 Å². The third-order valence-corrected chi connectivity index (χ3v) is 3.27. The lowest BCUT2D eigenvalue weighted by molar-refractivity contribution is 0.0694. The van der Waals surface area contributed by atoms with Gasteiger partial charge in [0, 0.05) is 18.7 Å². The second-order valence-corrected chi connectivity index (χ2v) is 4.59. The third kappa shape index (κ3) is 2.88. The number of aromatic carboxylic acids is 1. The van der Waals surface area contributed by atoms with Crippen LogP contribution in [0.1, 0.15) is 46.4 Å². The topological polar surface area (TPSA) is 57.6 Å². The Kier molecular flexibility index (Phi) is 3.97. The molecule has 96 valence electrons. The summed E-state index contributed by atoms with van der Waals surface area (Å²) in [7, 11) is 0. The zero-order chi connectivity index (χ0) is 13.0. The standard InChI is InChI=1S/C14H17NO3/c16-13(15-9-3-1-2-4-10-15)11-5-7-12(8-6-11)14(17)18/h5-8H,1-4,9-10H2,(H,17,18). The van der Waals surface area contributed by atoms with Crippen LogP contribution in [0.5, 0.6) is 0 Å². The molecule has 1 N–H and O–H groups in total. The van der Waals surface area contributed by atoms with E-state index in [2.05, 4.69) is 0 Å². The number of carboxylic acid groups (broad SMARTS) is 1. The normalized spacial score (nSPS) is 16.1. The summed E-state index contributed by atoms with van der Waals surface area (Å²) in [6.45, 7) is 1.61. The first-order valence-corrected chi connectivity index (χ1v) is 6.31. The Labute approximate surface area is 106 Å². The molecular formula is C14H17NO3. The Morgan fingerprint density at radius 1 is 0.889 bits per heavy atom. The molecule has 1 aromatic carbocycles. The molecule has 1 aliphatic heterocycles. The van der Waals surface area contributed by atoms with Crippen molar-refractivity contribution in [3.63, 3.8) is 0 Å². The van der Waals surface area contributed by atoms with Crippen LogP contribution >= 0.6 is 0 Å². The van der Waals surface area contributed by atoms with Crippen molar-refractivity contribution < 1.29 is 14.7 Å². The van der Waals surface area contributed by atoms with Gasteiger partial charge in [-0.3, -0.25) is 4.79 Å². The highest BCUT2D eigenvalue weighted by Gasteiger charge is 2.17. The zero-order valence-electron chi connectivity index (χ0n) is 10.3. The van der Waals surface area contributed by atoms with Gasteiger partial charge in [0.2, 0.25) is 0 Å². The highest BCUT2D eigenvalue weighted by molar-refractivity contribution is 5.95. The second-order valence-electron chi connectivity index (χ2n) is 4.59. The van der Waals surface area contributed by atoms with E-state index in [1.54, 1.807) is 12.1 Å². The lowest BCUT2D eigenvalue weighted by atomic mass is 10.1. The molecular weight excluding hydrogens is 230 g/mol. The van der Waals surface area contributed by atoms with Crippen LogP contribution in [0.25, 0.3) is 0 Å². The molecule has 4 heteroatoms. The molecule has 0 spiro atoms. The summed E-state index contributed by atoms with van der Waals surface area (Å²) in [6.07, 6.45) is 4.47. The number of hydrogen-bond donors (Lipinski definition) is 1. The van der Waals surface area contributed by atoms with Crippen LogP contribution in [0.3, 0.4) is 0 Å². The predicted octanol–water partition coefficient (Wildman–Crippen LogP) is 2.40.